The fourth-order valence-corrected chi connectivity index (χ4v) is 0.693. The van der Waals surface area contributed by atoms with Crippen molar-refractivity contribution in [2.75, 3.05) is 6.54 Å². The fraction of sp³-hybridized carbons (Fsp3) is 0.333. The summed E-state index contributed by atoms with van der Waals surface area (Å²) in [5.74, 6) is 0.965. The van der Waals surface area contributed by atoms with Gasteiger partial charge in [-0.2, -0.15) is 0 Å². The summed E-state index contributed by atoms with van der Waals surface area (Å²) in [4.78, 5) is 2.04. The Bertz CT molecular complexity index is 126. The standard InChI is InChI=1S/C6H10N2/c1-3-8-5-4-7-6(8)2/h4-5,7H,2-3H2,1H3. The highest BCUT2D eigenvalue weighted by atomic mass is 15.3. The Hall–Kier alpha value is -0.920. The molecule has 0 radical (unpaired) electrons. The monoisotopic (exact) mass is 110 g/mol. The maximum atomic E-state index is 3.76. The molecule has 1 aliphatic rings. The largest absolute Gasteiger partial charge is 0.347 e. The highest BCUT2D eigenvalue weighted by Gasteiger charge is 2.03. The number of nitrogens with one attached hydrogen (secondary N) is 1. The van der Waals surface area contributed by atoms with Crippen LogP contribution in [0.3, 0.4) is 0 Å². The van der Waals surface area contributed by atoms with Gasteiger partial charge < -0.3 is 10.2 Å². The zero-order chi connectivity index (χ0) is 5.98. The summed E-state index contributed by atoms with van der Waals surface area (Å²) in [5.41, 5.74) is 0. The van der Waals surface area contributed by atoms with E-state index >= 15 is 0 Å². The summed E-state index contributed by atoms with van der Waals surface area (Å²) in [7, 11) is 0. The molecule has 0 atom stereocenters. The Morgan fingerprint density at radius 3 is 2.88 bits per heavy atom. The van der Waals surface area contributed by atoms with Crippen molar-refractivity contribution in [3.05, 3.63) is 24.8 Å². The average Bonchev–Trinajstić information content (AvgIpc) is 2.14. The number of nitrogens with zero attached hydrogens (tertiary/aromatic N) is 1. The van der Waals surface area contributed by atoms with Crippen molar-refractivity contribution in [1.82, 2.24) is 10.2 Å². The van der Waals surface area contributed by atoms with Crippen LogP contribution in [0.1, 0.15) is 6.92 Å². The third kappa shape index (κ3) is 0.689. The number of rotatable bonds is 1. The van der Waals surface area contributed by atoms with E-state index in [9.17, 15) is 0 Å². The quantitative estimate of drug-likeness (QED) is 0.538. The lowest BCUT2D eigenvalue weighted by Crippen LogP contribution is -2.15. The molecule has 1 rings (SSSR count). The van der Waals surface area contributed by atoms with Crippen LogP contribution in [0.4, 0.5) is 0 Å². The van der Waals surface area contributed by atoms with Crippen LogP contribution in [-0.2, 0) is 0 Å². The molecule has 0 aromatic carbocycles. The van der Waals surface area contributed by atoms with Crippen LogP contribution in [-0.4, -0.2) is 11.4 Å². The van der Waals surface area contributed by atoms with Gasteiger partial charge in [0.15, 0.2) is 0 Å². The first-order chi connectivity index (χ1) is 3.84. The summed E-state index contributed by atoms with van der Waals surface area (Å²) in [6.45, 7) is 6.83. The molecule has 0 bridgehead atoms. The smallest absolute Gasteiger partial charge is 0.102 e. The molecular weight excluding hydrogens is 100 g/mol. The van der Waals surface area contributed by atoms with Crippen molar-refractivity contribution in [1.29, 1.82) is 0 Å². The van der Waals surface area contributed by atoms with Crippen LogP contribution in [0, 0.1) is 0 Å². The zero-order valence-electron chi connectivity index (χ0n) is 5.02. The lowest BCUT2D eigenvalue weighted by molar-refractivity contribution is 0.496. The molecule has 8 heavy (non-hydrogen) atoms. The van der Waals surface area contributed by atoms with Gasteiger partial charge >= 0.3 is 0 Å². The molecule has 0 spiro atoms. The van der Waals surface area contributed by atoms with Gasteiger partial charge in [-0.25, -0.2) is 0 Å². The lowest BCUT2D eigenvalue weighted by Gasteiger charge is -2.12. The van der Waals surface area contributed by atoms with Gasteiger partial charge in [-0.15, -0.1) is 0 Å². The molecule has 1 heterocycles. The van der Waals surface area contributed by atoms with Crippen molar-refractivity contribution in [2.24, 2.45) is 0 Å². The Morgan fingerprint density at radius 2 is 2.62 bits per heavy atom. The van der Waals surface area contributed by atoms with E-state index in [0.29, 0.717) is 0 Å². The first-order valence-electron chi connectivity index (χ1n) is 2.73. The molecule has 0 aromatic heterocycles. The second-order valence-corrected chi connectivity index (χ2v) is 1.69. The molecule has 0 amide bonds. The van der Waals surface area contributed by atoms with Crippen LogP contribution in [0.15, 0.2) is 24.8 Å². The van der Waals surface area contributed by atoms with Crippen LogP contribution in [0.5, 0.6) is 0 Å². The third-order valence-electron chi connectivity index (χ3n) is 1.19. The van der Waals surface area contributed by atoms with Crippen molar-refractivity contribution < 1.29 is 0 Å². The van der Waals surface area contributed by atoms with E-state index in [1.54, 1.807) is 0 Å². The first-order valence-corrected chi connectivity index (χ1v) is 2.73. The van der Waals surface area contributed by atoms with Crippen LogP contribution in [0.25, 0.3) is 0 Å². The van der Waals surface area contributed by atoms with Gasteiger partial charge in [-0.1, -0.05) is 6.58 Å². The molecule has 0 aromatic rings. The maximum Gasteiger partial charge on any atom is 0.102 e. The molecule has 0 saturated heterocycles. The van der Waals surface area contributed by atoms with Gasteiger partial charge in [0, 0.05) is 18.9 Å². The minimum absolute atomic E-state index is 0.965. The average molecular weight is 110 g/mol. The van der Waals surface area contributed by atoms with Crippen LogP contribution >= 0.6 is 0 Å². The molecule has 1 N–H and O–H groups in total. The SMILES string of the molecule is C=C1NC=CN1CC. The molecule has 0 aliphatic carbocycles. The normalized spacial score (nSPS) is 17.1. The van der Waals surface area contributed by atoms with Crippen molar-refractivity contribution in [3.8, 4) is 0 Å². The lowest BCUT2D eigenvalue weighted by atomic mass is 10.6. The van der Waals surface area contributed by atoms with E-state index in [1.165, 1.54) is 0 Å². The minimum Gasteiger partial charge on any atom is -0.347 e. The van der Waals surface area contributed by atoms with E-state index in [-0.39, 0.29) is 0 Å². The highest BCUT2D eigenvalue weighted by Crippen LogP contribution is 2.03. The van der Waals surface area contributed by atoms with Crippen LogP contribution < -0.4 is 5.32 Å². The van der Waals surface area contributed by atoms with E-state index in [2.05, 4.69) is 18.8 Å². The van der Waals surface area contributed by atoms with Crippen molar-refractivity contribution >= 4 is 0 Å². The third-order valence-corrected chi connectivity index (χ3v) is 1.19. The molecule has 2 heteroatoms. The molecule has 1 aliphatic heterocycles. The van der Waals surface area contributed by atoms with E-state index in [4.69, 9.17) is 0 Å². The summed E-state index contributed by atoms with van der Waals surface area (Å²) in [6, 6.07) is 0. The number of hydrogen-bond donors (Lipinski definition) is 1. The van der Waals surface area contributed by atoms with Gasteiger partial charge in [-0.3, -0.25) is 0 Å². The summed E-state index contributed by atoms with van der Waals surface area (Å²) >= 11 is 0. The predicted molar refractivity (Wildman–Crippen MR) is 33.8 cm³/mol. The molecule has 0 fully saturated rings. The second kappa shape index (κ2) is 1.90. The molecule has 0 saturated carbocycles. The summed E-state index contributed by atoms with van der Waals surface area (Å²) in [5, 5.41) is 2.97. The van der Waals surface area contributed by atoms with Crippen molar-refractivity contribution in [3.63, 3.8) is 0 Å². The Labute approximate surface area is 49.5 Å². The maximum absolute atomic E-state index is 3.76. The van der Waals surface area contributed by atoms with Gasteiger partial charge in [-0.05, 0) is 6.92 Å². The molecular formula is C6H10N2. The topological polar surface area (TPSA) is 15.3 Å². The highest BCUT2D eigenvalue weighted by molar-refractivity contribution is 5.07. The fourth-order valence-electron chi connectivity index (χ4n) is 0.693. The molecule has 2 nitrogen and oxygen atoms in total. The first kappa shape index (κ1) is 5.22. The minimum atomic E-state index is 0.965. The van der Waals surface area contributed by atoms with E-state index < -0.39 is 0 Å². The Morgan fingerprint density at radius 1 is 1.88 bits per heavy atom. The van der Waals surface area contributed by atoms with E-state index in [1.807, 2.05) is 17.3 Å². The Kier molecular flexibility index (Phi) is 1.24. The second-order valence-electron chi connectivity index (χ2n) is 1.69. The predicted octanol–water partition coefficient (Wildman–Crippen LogP) is 0.854. The number of hydrogen-bond acceptors (Lipinski definition) is 2. The molecule has 0 unspecified atom stereocenters. The zero-order valence-corrected chi connectivity index (χ0v) is 5.02. The summed E-state index contributed by atoms with van der Waals surface area (Å²) < 4.78 is 0. The van der Waals surface area contributed by atoms with Crippen molar-refractivity contribution in [2.45, 2.75) is 6.92 Å². The van der Waals surface area contributed by atoms with Gasteiger partial charge in [0.25, 0.3) is 0 Å². The summed E-state index contributed by atoms with van der Waals surface area (Å²) in [6.07, 6.45) is 3.86. The van der Waals surface area contributed by atoms with Crippen LogP contribution in [0.2, 0.25) is 0 Å². The van der Waals surface area contributed by atoms with Gasteiger partial charge in [0.2, 0.25) is 0 Å². The molecule has 44 valence electrons. The van der Waals surface area contributed by atoms with Gasteiger partial charge in [0.05, 0.1) is 0 Å². The van der Waals surface area contributed by atoms with E-state index in [0.717, 1.165) is 12.4 Å². The van der Waals surface area contributed by atoms with Gasteiger partial charge in [0.1, 0.15) is 5.82 Å². The Balaban J connectivity index is 2.53.